The van der Waals surface area contributed by atoms with Crippen LogP contribution in [-0.4, -0.2) is 17.6 Å². The highest BCUT2D eigenvalue weighted by molar-refractivity contribution is 6.16. The Kier molecular flexibility index (Phi) is 4.74. The average Bonchev–Trinajstić information content (AvgIpc) is 2.27. The van der Waals surface area contributed by atoms with Gasteiger partial charge in [-0.3, -0.25) is 0 Å². The lowest BCUT2D eigenvalue weighted by Crippen LogP contribution is -2.14. The number of carbonyl (C=O) groups excluding carboxylic acids is 1. The number of ether oxygens (including phenoxy) is 1. The van der Waals surface area contributed by atoms with Crippen molar-refractivity contribution in [1.82, 2.24) is 4.98 Å². The Labute approximate surface area is 101 Å². The van der Waals surface area contributed by atoms with Crippen molar-refractivity contribution in [2.45, 2.75) is 19.2 Å². The standard InChI is InChI=1S/C10H9ClF3NO2/c1-2-17-10(16)8-7(9(13)14)6(12)3-5(4-11)15-8/h3,9H,2,4H2,1H3. The second kappa shape index (κ2) is 5.86. The predicted octanol–water partition coefficient (Wildman–Crippen LogP) is 3.07. The highest BCUT2D eigenvalue weighted by Crippen LogP contribution is 2.26. The second-order valence-corrected chi connectivity index (χ2v) is 3.28. The highest BCUT2D eigenvalue weighted by atomic mass is 35.5. The maximum Gasteiger partial charge on any atom is 0.357 e. The van der Waals surface area contributed by atoms with Gasteiger partial charge >= 0.3 is 5.97 Å². The third-order valence-electron chi connectivity index (χ3n) is 1.89. The summed E-state index contributed by atoms with van der Waals surface area (Å²) in [7, 11) is 0. The van der Waals surface area contributed by atoms with Crippen LogP contribution in [0.1, 0.15) is 35.1 Å². The van der Waals surface area contributed by atoms with Crippen molar-refractivity contribution in [3.8, 4) is 0 Å². The van der Waals surface area contributed by atoms with Crippen molar-refractivity contribution in [2.75, 3.05) is 6.61 Å². The lowest BCUT2D eigenvalue weighted by Gasteiger charge is -2.09. The molecule has 1 heterocycles. The van der Waals surface area contributed by atoms with Gasteiger partial charge in [0.2, 0.25) is 0 Å². The lowest BCUT2D eigenvalue weighted by atomic mass is 10.1. The third kappa shape index (κ3) is 3.09. The van der Waals surface area contributed by atoms with E-state index in [0.29, 0.717) is 0 Å². The third-order valence-corrected chi connectivity index (χ3v) is 2.16. The molecule has 0 aliphatic carbocycles. The van der Waals surface area contributed by atoms with Crippen LogP contribution in [0, 0.1) is 5.82 Å². The predicted molar refractivity (Wildman–Crippen MR) is 54.7 cm³/mol. The number of halogens is 4. The van der Waals surface area contributed by atoms with E-state index in [4.69, 9.17) is 11.6 Å². The van der Waals surface area contributed by atoms with Gasteiger partial charge in [-0.15, -0.1) is 11.6 Å². The number of aromatic nitrogens is 1. The van der Waals surface area contributed by atoms with Crippen LogP contribution in [0.5, 0.6) is 0 Å². The van der Waals surface area contributed by atoms with E-state index in [-0.39, 0.29) is 18.2 Å². The maximum atomic E-state index is 13.4. The molecule has 0 bridgehead atoms. The number of esters is 1. The van der Waals surface area contributed by atoms with Gasteiger partial charge in [0.15, 0.2) is 5.69 Å². The monoisotopic (exact) mass is 267 g/mol. The molecule has 0 aromatic carbocycles. The van der Waals surface area contributed by atoms with Crippen LogP contribution in [0.3, 0.4) is 0 Å². The molecule has 1 aromatic rings. The van der Waals surface area contributed by atoms with E-state index in [1.807, 2.05) is 0 Å². The molecule has 7 heteroatoms. The summed E-state index contributed by atoms with van der Waals surface area (Å²) in [4.78, 5) is 14.9. The molecule has 17 heavy (non-hydrogen) atoms. The first-order valence-corrected chi connectivity index (χ1v) is 5.25. The summed E-state index contributed by atoms with van der Waals surface area (Å²) in [6, 6.07) is 0.775. The maximum absolute atomic E-state index is 13.4. The van der Waals surface area contributed by atoms with E-state index in [1.165, 1.54) is 6.92 Å². The Morgan fingerprint density at radius 3 is 2.71 bits per heavy atom. The van der Waals surface area contributed by atoms with Crippen LogP contribution in [-0.2, 0) is 10.6 Å². The molecule has 0 radical (unpaired) electrons. The van der Waals surface area contributed by atoms with Crippen molar-refractivity contribution in [2.24, 2.45) is 0 Å². The minimum atomic E-state index is -3.15. The van der Waals surface area contributed by atoms with Gasteiger partial charge in [0.05, 0.1) is 23.7 Å². The van der Waals surface area contributed by atoms with Crippen LogP contribution in [0.2, 0.25) is 0 Å². The summed E-state index contributed by atoms with van der Waals surface area (Å²) in [6.07, 6.45) is -3.15. The molecule has 1 rings (SSSR count). The molecule has 0 unspecified atom stereocenters. The van der Waals surface area contributed by atoms with Gasteiger partial charge in [-0.1, -0.05) is 0 Å². The van der Waals surface area contributed by atoms with E-state index in [9.17, 15) is 18.0 Å². The summed E-state index contributed by atoms with van der Waals surface area (Å²) in [5.74, 6) is -2.49. The van der Waals surface area contributed by atoms with Crippen LogP contribution < -0.4 is 0 Å². The van der Waals surface area contributed by atoms with E-state index >= 15 is 0 Å². The van der Waals surface area contributed by atoms with Gasteiger partial charge in [0.25, 0.3) is 6.43 Å². The van der Waals surface area contributed by atoms with Gasteiger partial charge in [0.1, 0.15) is 5.82 Å². The zero-order valence-corrected chi connectivity index (χ0v) is 9.60. The molecule has 0 aliphatic rings. The largest absolute Gasteiger partial charge is 0.461 e. The van der Waals surface area contributed by atoms with Crippen molar-refractivity contribution in [3.63, 3.8) is 0 Å². The topological polar surface area (TPSA) is 39.2 Å². The number of carbonyl (C=O) groups is 1. The number of hydrogen-bond donors (Lipinski definition) is 0. The summed E-state index contributed by atoms with van der Waals surface area (Å²) >= 11 is 5.42. The van der Waals surface area contributed by atoms with Crippen LogP contribution in [0.25, 0.3) is 0 Å². The molecule has 94 valence electrons. The van der Waals surface area contributed by atoms with Crippen molar-refractivity contribution >= 4 is 17.6 Å². The molecule has 0 spiro atoms. The molecule has 0 amide bonds. The molecule has 3 nitrogen and oxygen atoms in total. The Morgan fingerprint density at radius 1 is 1.59 bits per heavy atom. The van der Waals surface area contributed by atoms with Crippen LogP contribution >= 0.6 is 11.6 Å². The van der Waals surface area contributed by atoms with Crippen molar-refractivity contribution in [1.29, 1.82) is 0 Å². The highest BCUT2D eigenvalue weighted by Gasteiger charge is 2.26. The number of hydrogen-bond acceptors (Lipinski definition) is 3. The fourth-order valence-corrected chi connectivity index (χ4v) is 1.34. The van der Waals surface area contributed by atoms with E-state index in [2.05, 4.69) is 9.72 Å². The zero-order chi connectivity index (χ0) is 13.0. The van der Waals surface area contributed by atoms with Crippen LogP contribution in [0.4, 0.5) is 13.2 Å². The van der Waals surface area contributed by atoms with Gasteiger partial charge in [-0.2, -0.15) is 0 Å². The number of alkyl halides is 3. The molecule has 0 fully saturated rings. The van der Waals surface area contributed by atoms with Gasteiger partial charge < -0.3 is 4.74 Å². The minimum Gasteiger partial charge on any atom is -0.461 e. The summed E-state index contributed by atoms with van der Waals surface area (Å²) in [6.45, 7) is 1.48. The Hall–Kier alpha value is -1.30. The van der Waals surface area contributed by atoms with Gasteiger partial charge in [-0.05, 0) is 13.0 Å². The van der Waals surface area contributed by atoms with Gasteiger partial charge in [-0.25, -0.2) is 22.9 Å². The SMILES string of the molecule is CCOC(=O)c1nc(CCl)cc(F)c1C(F)F. The van der Waals surface area contributed by atoms with E-state index in [0.717, 1.165) is 6.07 Å². The fraction of sp³-hybridized carbons (Fsp3) is 0.400. The van der Waals surface area contributed by atoms with E-state index < -0.39 is 29.5 Å². The molecule has 0 aliphatic heterocycles. The molecule has 0 atom stereocenters. The normalized spacial score (nSPS) is 10.7. The van der Waals surface area contributed by atoms with Crippen LogP contribution in [0.15, 0.2) is 6.07 Å². The van der Waals surface area contributed by atoms with Crippen molar-refractivity contribution in [3.05, 3.63) is 28.8 Å². The lowest BCUT2D eigenvalue weighted by molar-refractivity contribution is 0.0505. The quantitative estimate of drug-likeness (QED) is 0.622. The fourth-order valence-electron chi connectivity index (χ4n) is 1.20. The summed E-state index contributed by atoms with van der Waals surface area (Å²) in [5, 5.41) is 0. The van der Waals surface area contributed by atoms with Crippen molar-refractivity contribution < 1.29 is 22.7 Å². The second-order valence-electron chi connectivity index (χ2n) is 3.01. The molecule has 1 aromatic heterocycles. The average molecular weight is 268 g/mol. The Bertz CT molecular complexity index is 426. The molecule has 0 saturated carbocycles. The summed E-state index contributed by atoms with van der Waals surface area (Å²) in [5.41, 5.74) is -1.79. The molecule has 0 saturated heterocycles. The number of pyridine rings is 1. The first-order chi connectivity index (χ1) is 8.01. The molecular weight excluding hydrogens is 259 g/mol. The minimum absolute atomic E-state index is 0.00313. The smallest absolute Gasteiger partial charge is 0.357 e. The Morgan fingerprint density at radius 2 is 2.24 bits per heavy atom. The molecular formula is C10H9ClF3NO2. The first-order valence-electron chi connectivity index (χ1n) is 4.71. The van der Waals surface area contributed by atoms with Gasteiger partial charge in [0, 0.05) is 0 Å². The van der Waals surface area contributed by atoms with E-state index in [1.54, 1.807) is 0 Å². The molecule has 0 N–H and O–H groups in total. The number of rotatable bonds is 4. The first kappa shape index (κ1) is 13.8. The zero-order valence-electron chi connectivity index (χ0n) is 8.84. The number of nitrogens with zero attached hydrogens (tertiary/aromatic N) is 1. The summed E-state index contributed by atoms with van der Waals surface area (Å²) < 4.78 is 43.1. The Balaban J connectivity index is 3.32.